The number of nitrogens with one attached hydrogen (secondary N) is 2. The molecule has 0 radical (unpaired) electrons. The minimum absolute atomic E-state index is 0. The fourth-order valence-corrected chi connectivity index (χ4v) is 3.28. The highest BCUT2D eigenvalue weighted by molar-refractivity contribution is 6.04. The first-order valence-corrected chi connectivity index (χ1v) is 9.78. The quantitative estimate of drug-likeness (QED) is 0.597. The Kier molecular flexibility index (Phi) is 7.37. The van der Waals surface area contributed by atoms with Crippen molar-refractivity contribution < 1.29 is 22.4 Å². The van der Waals surface area contributed by atoms with Crippen LogP contribution in [-0.2, 0) is 6.18 Å². The van der Waals surface area contributed by atoms with Gasteiger partial charge in [0.15, 0.2) is 5.69 Å². The predicted octanol–water partition coefficient (Wildman–Crippen LogP) is 4.23. The highest BCUT2D eigenvalue weighted by Gasteiger charge is 2.42. The Balaban J connectivity index is 0.00000289. The van der Waals surface area contributed by atoms with E-state index in [0.29, 0.717) is 5.56 Å². The van der Waals surface area contributed by atoms with Crippen LogP contribution in [0.5, 0.6) is 0 Å². The van der Waals surface area contributed by atoms with Crippen LogP contribution in [0.1, 0.15) is 22.7 Å². The molecule has 7 nitrogen and oxygen atoms in total. The molecule has 0 aliphatic carbocycles. The zero-order valence-corrected chi connectivity index (χ0v) is 17.7. The van der Waals surface area contributed by atoms with Crippen LogP contribution in [0.4, 0.5) is 24.7 Å². The molecule has 0 atom stereocenters. The van der Waals surface area contributed by atoms with Gasteiger partial charge in [0.25, 0.3) is 5.91 Å². The number of rotatable bonds is 4. The second-order valence-corrected chi connectivity index (χ2v) is 7.01. The number of oxazole rings is 1. The molecule has 2 N–H and O–H groups in total. The van der Waals surface area contributed by atoms with E-state index in [1.807, 2.05) is 0 Å². The molecular weight excluding hydrogens is 447 g/mol. The molecule has 1 fully saturated rings. The normalized spacial score (nSPS) is 14.4. The summed E-state index contributed by atoms with van der Waals surface area (Å²) in [6.07, 6.45) is -2.47. The van der Waals surface area contributed by atoms with Crippen molar-refractivity contribution >= 4 is 29.8 Å². The van der Waals surface area contributed by atoms with Gasteiger partial charge in [-0.25, -0.2) is 9.97 Å². The van der Waals surface area contributed by atoms with Crippen molar-refractivity contribution in [2.75, 3.05) is 36.4 Å². The summed E-state index contributed by atoms with van der Waals surface area (Å²) in [6, 6.07) is 11.4. The van der Waals surface area contributed by atoms with Gasteiger partial charge in [-0.05, 0) is 37.2 Å². The summed E-state index contributed by atoms with van der Waals surface area (Å²) in [5, 5.41) is 5.72. The minimum atomic E-state index is -4.87. The zero-order valence-electron chi connectivity index (χ0n) is 16.9. The first-order chi connectivity index (χ1) is 14.9. The molecule has 3 heterocycles. The molecule has 4 rings (SSSR count). The van der Waals surface area contributed by atoms with Crippen LogP contribution in [0, 0.1) is 0 Å². The molecule has 0 unspecified atom stereocenters. The average Bonchev–Trinajstić information content (AvgIpc) is 3.06. The Morgan fingerprint density at radius 1 is 1.09 bits per heavy atom. The second kappa shape index (κ2) is 10.0. The number of halogens is 4. The first kappa shape index (κ1) is 23.6. The fraction of sp³-hybridized carbons (Fsp3) is 0.286. The van der Waals surface area contributed by atoms with Crippen LogP contribution in [-0.4, -0.2) is 42.1 Å². The van der Waals surface area contributed by atoms with E-state index >= 15 is 0 Å². The third kappa shape index (κ3) is 5.38. The molecule has 1 aliphatic heterocycles. The van der Waals surface area contributed by atoms with E-state index in [2.05, 4.69) is 25.5 Å². The van der Waals surface area contributed by atoms with E-state index in [0.717, 1.165) is 38.4 Å². The molecule has 1 amide bonds. The molecule has 1 saturated heterocycles. The van der Waals surface area contributed by atoms with Gasteiger partial charge in [0, 0.05) is 25.2 Å². The van der Waals surface area contributed by atoms with Crippen molar-refractivity contribution in [1.29, 1.82) is 0 Å². The molecule has 0 bridgehead atoms. The second-order valence-electron chi connectivity index (χ2n) is 7.01. The maximum Gasteiger partial charge on any atom is 0.452 e. The van der Waals surface area contributed by atoms with Crippen molar-refractivity contribution in [1.82, 2.24) is 15.3 Å². The van der Waals surface area contributed by atoms with Crippen molar-refractivity contribution in [2.45, 2.75) is 12.6 Å². The van der Waals surface area contributed by atoms with E-state index in [4.69, 9.17) is 4.42 Å². The number of carbonyl (C=O) groups is 1. The lowest BCUT2D eigenvalue weighted by atomic mass is 10.2. The lowest BCUT2D eigenvalue weighted by molar-refractivity contribution is -0.153. The molecule has 0 spiro atoms. The van der Waals surface area contributed by atoms with Crippen molar-refractivity contribution in [3.63, 3.8) is 0 Å². The average molecular weight is 468 g/mol. The van der Waals surface area contributed by atoms with Gasteiger partial charge in [0.2, 0.25) is 11.7 Å². The number of anilines is 2. The molecule has 0 saturated carbocycles. The van der Waals surface area contributed by atoms with Crippen LogP contribution >= 0.6 is 12.4 Å². The van der Waals surface area contributed by atoms with Gasteiger partial charge in [0.05, 0.1) is 11.9 Å². The monoisotopic (exact) mass is 467 g/mol. The van der Waals surface area contributed by atoms with Gasteiger partial charge in [-0.15, -0.1) is 12.4 Å². The summed E-state index contributed by atoms with van der Waals surface area (Å²) in [7, 11) is 0. The van der Waals surface area contributed by atoms with Crippen LogP contribution in [0.3, 0.4) is 0 Å². The number of carbonyl (C=O) groups excluding carboxylic acids is 1. The Morgan fingerprint density at radius 3 is 2.56 bits per heavy atom. The number of nitrogens with zero attached hydrogens (tertiary/aromatic N) is 3. The van der Waals surface area contributed by atoms with E-state index in [9.17, 15) is 18.0 Å². The lowest BCUT2D eigenvalue weighted by Gasteiger charge is -2.21. The molecule has 3 aromatic rings. The smallest absolute Gasteiger partial charge is 0.431 e. The van der Waals surface area contributed by atoms with Gasteiger partial charge in [-0.2, -0.15) is 13.2 Å². The summed E-state index contributed by atoms with van der Waals surface area (Å²) in [6.45, 7) is 3.43. The number of aromatic nitrogens is 2. The van der Waals surface area contributed by atoms with Crippen molar-refractivity contribution in [3.8, 4) is 11.5 Å². The highest BCUT2D eigenvalue weighted by atomic mass is 35.5. The third-order valence-corrected chi connectivity index (χ3v) is 4.79. The van der Waals surface area contributed by atoms with Gasteiger partial charge >= 0.3 is 6.18 Å². The standard InChI is InChI=1S/C21H20F3N5O2.ClH/c22-21(23,24)18-17(28-20(31-18)14-5-2-1-3-6-14)19(30)27-15-7-8-16(26-13-15)29-11-4-9-25-10-12-29;/h1-3,5-8,13,25H,4,9-12H2,(H,27,30);1H. The lowest BCUT2D eigenvalue weighted by Crippen LogP contribution is -2.28. The van der Waals surface area contributed by atoms with E-state index in [-0.39, 0.29) is 24.0 Å². The number of pyridine rings is 1. The topological polar surface area (TPSA) is 83.3 Å². The molecule has 1 aliphatic rings. The molecule has 2 aromatic heterocycles. The number of amides is 1. The van der Waals surface area contributed by atoms with E-state index in [1.54, 1.807) is 42.5 Å². The minimum Gasteiger partial charge on any atom is -0.431 e. The Bertz CT molecular complexity index is 1030. The summed E-state index contributed by atoms with van der Waals surface area (Å²) in [5.74, 6) is -2.00. The molecule has 32 heavy (non-hydrogen) atoms. The first-order valence-electron chi connectivity index (χ1n) is 9.78. The maximum atomic E-state index is 13.4. The number of hydrogen-bond donors (Lipinski definition) is 2. The van der Waals surface area contributed by atoms with Gasteiger partial charge < -0.3 is 20.0 Å². The summed E-state index contributed by atoms with van der Waals surface area (Å²) < 4.78 is 45.2. The zero-order chi connectivity index (χ0) is 21.8. The van der Waals surface area contributed by atoms with E-state index < -0.39 is 23.5 Å². The van der Waals surface area contributed by atoms with Crippen molar-refractivity contribution in [2.24, 2.45) is 0 Å². The summed E-state index contributed by atoms with van der Waals surface area (Å²) >= 11 is 0. The SMILES string of the molecule is Cl.O=C(Nc1ccc(N2CCCNCC2)nc1)c1nc(-c2ccccc2)oc1C(F)(F)F. The Morgan fingerprint density at radius 2 is 1.88 bits per heavy atom. The van der Waals surface area contributed by atoms with Gasteiger partial charge in [-0.1, -0.05) is 18.2 Å². The highest BCUT2D eigenvalue weighted by Crippen LogP contribution is 2.35. The maximum absolute atomic E-state index is 13.4. The van der Waals surface area contributed by atoms with Crippen LogP contribution in [0.15, 0.2) is 53.1 Å². The summed E-state index contributed by atoms with van der Waals surface area (Å²) in [5.41, 5.74) is -0.224. The number of benzene rings is 1. The van der Waals surface area contributed by atoms with E-state index in [1.165, 1.54) is 6.20 Å². The molecule has 170 valence electrons. The molecule has 11 heteroatoms. The van der Waals surface area contributed by atoms with Gasteiger partial charge in [0.1, 0.15) is 5.82 Å². The fourth-order valence-electron chi connectivity index (χ4n) is 3.28. The van der Waals surface area contributed by atoms with Crippen LogP contribution < -0.4 is 15.5 Å². The van der Waals surface area contributed by atoms with Crippen molar-refractivity contribution in [3.05, 3.63) is 60.1 Å². The third-order valence-electron chi connectivity index (χ3n) is 4.79. The van der Waals surface area contributed by atoms with Gasteiger partial charge in [-0.3, -0.25) is 4.79 Å². The molecule has 1 aromatic carbocycles. The predicted molar refractivity (Wildman–Crippen MR) is 116 cm³/mol. The largest absolute Gasteiger partial charge is 0.452 e. The number of alkyl halides is 3. The molecular formula is C21H21ClF3N5O2. The van der Waals surface area contributed by atoms with Crippen LogP contribution in [0.2, 0.25) is 0 Å². The summed E-state index contributed by atoms with van der Waals surface area (Å²) in [4.78, 5) is 22.8. The Labute approximate surface area is 188 Å². The Hall–Kier alpha value is -3.11. The number of hydrogen-bond acceptors (Lipinski definition) is 6. The van der Waals surface area contributed by atoms with Crippen LogP contribution in [0.25, 0.3) is 11.5 Å².